The number of nitrogens with zero attached hydrogens (tertiary/aromatic N) is 2. The normalized spacial score (nSPS) is 21.7. The Balaban J connectivity index is 2.00. The molecule has 0 aromatic carbocycles. The smallest absolute Gasteiger partial charge is 0.235 e. The van der Waals surface area contributed by atoms with Crippen LogP contribution < -0.4 is 14.9 Å². The first-order valence-corrected chi connectivity index (χ1v) is 9.54. The molecule has 0 unspecified atom stereocenters. The summed E-state index contributed by atoms with van der Waals surface area (Å²) in [6.07, 6.45) is 4.54. The number of hydrogen-bond acceptors (Lipinski definition) is 5. The molecule has 1 aromatic rings. The van der Waals surface area contributed by atoms with Crippen LogP contribution in [0.1, 0.15) is 13.8 Å². The van der Waals surface area contributed by atoms with E-state index in [0.717, 1.165) is 18.5 Å². The SMILES string of the molecule is CC(C)[C@H]1CN(c2ccncc2)C[C@@H]1NC(=O)CNS(C)(=O)=O. The summed E-state index contributed by atoms with van der Waals surface area (Å²) < 4.78 is 24.4. The molecular formula is C15H24N4O3S. The number of aromatic nitrogens is 1. The molecule has 1 aliphatic rings. The molecule has 0 bridgehead atoms. The fourth-order valence-electron chi connectivity index (χ4n) is 2.88. The van der Waals surface area contributed by atoms with Crippen molar-refractivity contribution in [1.82, 2.24) is 15.0 Å². The van der Waals surface area contributed by atoms with Gasteiger partial charge in [-0.05, 0) is 18.1 Å². The van der Waals surface area contributed by atoms with E-state index < -0.39 is 10.0 Å². The molecule has 2 N–H and O–H groups in total. The third-order valence-corrected chi connectivity index (χ3v) is 4.76. The number of nitrogens with one attached hydrogen (secondary N) is 2. The fourth-order valence-corrected chi connectivity index (χ4v) is 3.27. The molecule has 1 aromatic heterocycles. The second-order valence-corrected chi connectivity index (χ2v) is 8.12. The van der Waals surface area contributed by atoms with Crippen LogP contribution in [0, 0.1) is 11.8 Å². The van der Waals surface area contributed by atoms with Gasteiger partial charge in [0.1, 0.15) is 0 Å². The number of pyridine rings is 1. The topological polar surface area (TPSA) is 91.4 Å². The molecule has 2 atom stereocenters. The van der Waals surface area contributed by atoms with E-state index in [1.165, 1.54) is 0 Å². The number of rotatable bonds is 6. The minimum absolute atomic E-state index is 0.00275. The zero-order valence-electron chi connectivity index (χ0n) is 13.7. The van der Waals surface area contributed by atoms with Crippen molar-refractivity contribution in [3.05, 3.63) is 24.5 Å². The molecule has 7 nitrogen and oxygen atoms in total. The van der Waals surface area contributed by atoms with Crippen molar-refractivity contribution in [3.8, 4) is 0 Å². The molecule has 1 amide bonds. The summed E-state index contributed by atoms with van der Waals surface area (Å²) in [5.41, 5.74) is 1.08. The first kappa shape index (κ1) is 17.7. The van der Waals surface area contributed by atoms with Crippen molar-refractivity contribution < 1.29 is 13.2 Å². The van der Waals surface area contributed by atoms with Crippen LogP contribution in [-0.2, 0) is 14.8 Å². The summed E-state index contributed by atoms with van der Waals surface area (Å²) in [5, 5.41) is 2.96. The van der Waals surface area contributed by atoms with Gasteiger partial charge in [-0.3, -0.25) is 9.78 Å². The number of hydrogen-bond donors (Lipinski definition) is 2. The van der Waals surface area contributed by atoms with Crippen molar-refractivity contribution in [2.45, 2.75) is 19.9 Å². The average molecular weight is 340 g/mol. The number of carbonyl (C=O) groups excluding carboxylic acids is 1. The second-order valence-electron chi connectivity index (χ2n) is 6.29. The maximum absolute atomic E-state index is 12.0. The van der Waals surface area contributed by atoms with Crippen LogP contribution in [0.4, 0.5) is 5.69 Å². The zero-order chi connectivity index (χ0) is 17.0. The van der Waals surface area contributed by atoms with E-state index in [2.05, 4.69) is 33.8 Å². The predicted octanol–water partition coefficient (Wildman–Crippen LogP) is 0.208. The molecule has 8 heteroatoms. The van der Waals surface area contributed by atoms with Crippen molar-refractivity contribution in [2.75, 3.05) is 30.8 Å². The van der Waals surface area contributed by atoms with Crippen LogP contribution in [-0.4, -0.2) is 51.2 Å². The Bertz CT molecular complexity index is 633. The van der Waals surface area contributed by atoms with Gasteiger partial charge in [-0.1, -0.05) is 13.8 Å². The number of amides is 1. The van der Waals surface area contributed by atoms with Gasteiger partial charge in [-0.2, -0.15) is 0 Å². The first-order valence-electron chi connectivity index (χ1n) is 7.65. The van der Waals surface area contributed by atoms with Gasteiger partial charge in [0.25, 0.3) is 0 Å². The lowest BCUT2D eigenvalue weighted by molar-refractivity contribution is -0.120. The molecule has 0 saturated carbocycles. The highest BCUT2D eigenvalue weighted by molar-refractivity contribution is 7.88. The molecular weight excluding hydrogens is 316 g/mol. The lowest BCUT2D eigenvalue weighted by atomic mass is 9.91. The van der Waals surface area contributed by atoms with Gasteiger partial charge in [-0.15, -0.1) is 0 Å². The highest BCUT2D eigenvalue weighted by atomic mass is 32.2. The van der Waals surface area contributed by atoms with Crippen molar-refractivity contribution in [3.63, 3.8) is 0 Å². The molecule has 128 valence electrons. The van der Waals surface area contributed by atoms with Gasteiger partial charge in [0.05, 0.1) is 18.8 Å². The second kappa shape index (κ2) is 7.27. The highest BCUT2D eigenvalue weighted by Gasteiger charge is 2.35. The van der Waals surface area contributed by atoms with Crippen LogP contribution in [0.5, 0.6) is 0 Å². The average Bonchev–Trinajstić information content (AvgIpc) is 2.89. The number of anilines is 1. The summed E-state index contributed by atoms with van der Waals surface area (Å²) >= 11 is 0. The van der Waals surface area contributed by atoms with Gasteiger partial charge in [0.15, 0.2) is 0 Å². The van der Waals surface area contributed by atoms with Crippen LogP contribution >= 0.6 is 0 Å². The molecule has 0 radical (unpaired) electrons. The van der Waals surface area contributed by atoms with Gasteiger partial charge in [0.2, 0.25) is 15.9 Å². The van der Waals surface area contributed by atoms with Crippen LogP contribution in [0.15, 0.2) is 24.5 Å². The largest absolute Gasteiger partial charge is 0.369 e. The third-order valence-electron chi connectivity index (χ3n) is 4.09. The fraction of sp³-hybridized carbons (Fsp3) is 0.600. The summed E-state index contributed by atoms with van der Waals surface area (Å²) in [7, 11) is -3.36. The van der Waals surface area contributed by atoms with E-state index >= 15 is 0 Å². The number of sulfonamides is 1. The van der Waals surface area contributed by atoms with E-state index in [1.54, 1.807) is 12.4 Å². The molecule has 1 fully saturated rings. The Hall–Kier alpha value is -1.67. The molecule has 0 aliphatic carbocycles. The molecule has 2 heterocycles. The molecule has 2 rings (SSSR count). The summed E-state index contributed by atoms with van der Waals surface area (Å²) in [6, 6.07) is 3.90. The van der Waals surface area contributed by atoms with Gasteiger partial charge in [0, 0.05) is 37.1 Å². The lowest BCUT2D eigenvalue weighted by Gasteiger charge is -2.22. The van der Waals surface area contributed by atoms with Crippen molar-refractivity contribution in [2.24, 2.45) is 11.8 Å². The summed E-state index contributed by atoms with van der Waals surface area (Å²) in [4.78, 5) is 18.2. The third kappa shape index (κ3) is 5.18. The quantitative estimate of drug-likeness (QED) is 0.772. The van der Waals surface area contributed by atoms with Gasteiger partial charge in [-0.25, -0.2) is 13.1 Å². The Kier molecular flexibility index (Phi) is 5.59. The predicted molar refractivity (Wildman–Crippen MR) is 89.6 cm³/mol. The Morgan fingerprint density at radius 1 is 1.35 bits per heavy atom. The van der Waals surface area contributed by atoms with Crippen LogP contribution in [0.2, 0.25) is 0 Å². The van der Waals surface area contributed by atoms with E-state index in [1.807, 2.05) is 12.1 Å². The van der Waals surface area contributed by atoms with Crippen LogP contribution in [0.3, 0.4) is 0 Å². The zero-order valence-corrected chi connectivity index (χ0v) is 14.5. The van der Waals surface area contributed by atoms with Gasteiger partial charge < -0.3 is 10.2 Å². The summed E-state index contributed by atoms with van der Waals surface area (Å²) in [5.74, 6) is 0.419. The first-order chi connectivity index (χ1) is 10.8. The minimum Gasteiger partial charge on any atom is -0.369 e. The van der Waals surface area contributed by atoms with Crippen LogP contribution in [0.25, 0.3) is 0 Å². The maximum Gasteiger partial charge on any atom is 0.235 e. The molecule has 0 spiro atoms. The summed E-state index contributed by atoms with van der Waals surface area (Å²) in [6.45, 7) is 5.60. The maximum atomic E-state index is 12.0. The Labute approximate surface area is 137 Å². The Morgan fingerprint density at radius 2 is 2.00 bits per heavy atom. The van der Waals surface area contributed by atoms with Gasteiger partial charge >= 0.3 is 0 Å². The van der Waals surface area contributed by atoms with E-state index in [4.69, 9.17) is 0 Å². The lowest BCUT2D eigenvalue weighted by Crippen LogP contribution is -2.46. The number of carbonyl (C=O) groups is 1. The van der Waals surface area contributed by atoms with E-state index in [-0.39, 0.29) is 18.5 Å². The standard InChI is InChI=1S/C15H24N4O3S/c1-11(2)13-9-19(12-4-6-16-7-5-12)10-14(13)18-15(20)8-17-23(3,21)22/h4-7,11,13-14,17H,8-10H2,1-3H3,(H,18,20)/t13-,14+/m1/s1. The highest BCUT2D eigenvalue weighted by Crippen LogP contribution is 2.28. The molecule has 23 heavy (non-hydrogen) atoms. The van der Waals surface area contributed by atoms with Crippen molar-refractivity contribution >= 4 is 21.6 Å². The Morgan fingerprint density at radius 3 is 2.57 bits per heavy atom. The van der Waals surface area contributed by atoms with E-state index in [9.17, 15) is 13.2 Å². The van der Waals surface area contributed by atoms with E-state index in [0.29, 0.717) is 18.4 Å². The van der Waals surface area contributed by atoms with Crippen molar-refractivity contribution in [1.29, 1.82) is 0 Å². The minimum atomic E-state index is -3.36. The molecule has 1 saturated heterocycles. The monoisotopic (exact) mass is 340 g/mol. The molecule has 1 aliphatic heterocycles.